The molecule has 26 heavy (non-hydrogen) atoms. The van der Waals surface area contributed by atoms with Crippen LogP contribution in [0.1, 0.15) is 31.7 Å². The van der Waals surface area contributed by atoms with Crippen molar-refractivity contribution < 1.29 is 0 Å². The molecule has 1 aromatic rings. The predicted molar refractivity (Wildman–Crippen MR) is 114 cm³/mol. The monoisotopic (exact) mass is 374 g/mol. The van der Waals surface area contributed by atoms with E-state index >= 15 is 0 Å². The molecule has 5 heteroatoms. The summed E-state index contributed by atoms with van der Waals surface area (Å²) in [4.78, 5) is 7.01. The summed E-state index contributed by atoms with van der Waals surface area (Å²) in [5.41, 5.74) is 1.44. The summed E-state index contributed by atoms with van der Waals surface area (Å²) < 4.78 is 0.374. The molecule has 4 nitrogen and oxygen atoms in total. The molecule has 2 unspecified atom stereocenters. The van der Waals surface area contributed by atoms with Gasteiger partial charge in [0.2, 0.25) is 0 Å². The lowest BCUT2D eigenvalue weighted by Crippen LogP contribution is -2.45. The summed E-state index contributed by atoms with van der Waals surface area (Å²) in [6.45, 7) is 7.98. The molecule has 3 rings (SSSR count). The van der Waals surface area contributed by atoms with Crippen molar-refractivity contribution in [3.8, 4) is 0 Å². The second kappa shape index (κ2) is 9.65. The topological polar surface area (TPSA) is 39.7 Å². The molecular formula is C21H34N4S. The van der Waals surface area contributed by atoms with Gasteiger partial charge in [-0.25, -0.2) is 0 Å². The van der Waals surface area contributed by atoms with E-state index in [9.17, 15) is 0 Å². The summed E-state index contributed by atoms with van der Waals surface area (Å²) in [6.07, 6.45) is 5.09. The van der Waals surface area contributed by atoms with Gasteiger partial charge in [0.05, 0.1) is 0 Å². The standard InChI is InChI=1S/C21H34N4S/c1-21(11-6-14-26-21)17-24-20(22-2)23-15-19-10-13-25(16-19)12-9-18-7-4-3-5-8-18/h3-5,7-8,19H,6,9-17H2,1-2H3,(H2,22,23,24). The Morgan fingerprint density at radius 1 is 1.31 bits per heavy atom. The van der Waals surface area contributed by atoms with Crippen LogP contribution in [-0.4, -0.2) is 61.1 Å². The lowest BCUT2D eigenvalue weighted by Gasteiger charge is -2.25. The van der Waals surface area contributed by atoms with Gasteiger partial charge in [-0.15, -0.1) is 0 Å². The van der Waals surface area contributed by atoms with Crippen LogP contribution in [0.15, 0.2) is 35.3 Å². The molecule has 144 valence electrons. The third-order valence-electron chi connectivity index (χ3n) is 5.64. The largest absolute Gasteiger partial charge is 0.356 e. The number of guanidine groups is 1. The third kappa shape index (κ3) is 5.92. The fraction of sp³-hybridized carbons (Fsp3) is 0.667. The Morgan fingerprint density at radius 3 is 2.88 bits per heavy atom. The minimum atomic E-state index is 0.374. The minimum absolute atomic E-state index is 0.374. The lowest BCUT2D eigenvalue weighted by molar-refractivity contribution is 0.328. The average molecular weight is 375 g/mol. The summed E-state index contributed by atoms with van der Waals surface area (Å²) in [6, 6.07) is 10.8. The minimum Gasteiger partial charge on any atom is -0.356 e. The number of aliphatic imine (C=N–C) groups is 1. The summed E-state index contributed by atoms with van der Waals surface area (Å²) in [5.74, 6) is 2.98. The van der Waals surface area contributed by atoms with Gasteiger partial charge in [0.25, 0.3) is 0 Å². The first kappa shape index (κ1) is 19.6. The van der Waals surface area contributed by atoms with Crippen LogP contribution in [0.3, 0.4) is 0 Å². The maximum Gasteiger partial charge on any atom is 0.191 e. The molecule has 0 amide bonds. The van der Waals surface area contributed by atoms with Gasteiger partial charge in [-0.05, 0) is 56.4 Å². The zero-order valence-corrected chi connectivity index (χ0v) is 17.2. The van der Waals surface area contributed by atoms with Crippen molar-refractivity contribution in [3.05, 3.63) is 35.9 Å². The van der Waals surface area contributed by atoms with Crippen LogP contribution in [0.4, 0.5) is 0 Å². The molecule has 0 spiro atoms. The zero-order chi connectivity index (χ0) is 18.2. The first-order chi connectivity index (χ1) is 12.7. The van der Waals surface area contributed by atoms with E-state index in [1.165, 1.54) is 50.2 Å². The van der Waals surface area contributed by atoms with Gasteiger partial charge in [0.15, 0.2) is 5.96 Å². The molecule has 0 saturated carbocycles. The van der Waals surface area contributed by atoms with E-state index in [2.05, 4.69) is 69.5 Å². The highest BCUT2D eigenvalue weighted by atomic mass is 32.2. The van der Waals surface area contributed by atoms with E-state index in [1.807, 2.05) is 7.05 Å². The van der Waals surface area contributed by atoms with Crippen LogP contribution in [-0.2, 0) is 6.42 Å². The molecule has 2 aliphatic heterocycles. The molecule has 2 N–H and O–H groups in total. The number of hydrogen-bond acceptors (Lipinski definition) is 3. The lowest BCUT2D eigenvalue weighted by atomic mass is 10.1. The van der Waals surface area contributed by atoms with Gasteiger partial charge < -0.3 is 15.5 Å². The van der Waals surface area contributed by atoms with Crippen molar-refractivity contribution in [2.75, 3.05) is 45.5 Å². The highest BCUT2D eigenvalue weighted by Gasteiger charge is 2.29. The van der Waals surface area contributed by atoms with Gasteiger partial charge in [-0.3, -0.25) is 4.99 Å². The Bertz CT molecular complexity index is 569. The number of nitrogens with zero attached hydrogens (tertiary/aromatic N) is 2. The Labute approximate surface area is 163 Å². The van der Waals surface area contributed by atoms with E-state index < -0.39 is 0 Å². The van der Waals surface area contributed by atoms with Crippen molar-refractivity contribution in [1.29, 1.82) is 0 Å². The second-order valence-electron chi connectivity index (χ2n) is 7.90. The maximum absolute atomic E-state index is 4.41. The first-order valence-corrected chi connectivity index (χ1v) is 11.0. The van der Waals surface area contributed by atoms with E-state index in [4.69, 9.17) is 0 Å². The smallest absolute Gasteiger partial charge is 0.191 e. The Hall–Kier alpha value is -1.20. The zero-order valence-electron chi connectivity index (χ0n) is 16.3. The third-order valence-corrected chi connectivity index (χ3v) is 7.18. The van der Waals surface area contributed by atoms with Crippen molar-refractivity contribution >= 4 is 17.7 Å². The quantitative estimate of drug-likeness (QED) is 0.569. The molecule has 2 fully saturated rings. The van der Waals surface area contributed by atoms with Crippen LogP contribution in [0.2, 0.25) is 0 Å². The molecule has 0 aromatic heterocycles. The fourth-order valence-corrected chi connectivity index (χ4v) is 5.17. The van der Waals surface area contributed by atoms with Crippen LogP contribution in [0.25, 0.3) is 0 Å². The van der Waals surface area contributed by atoms with Crippen LogP contribution >= 0.6 is 11.8 Å². The van der Waals surface area contributed by atoms with Crippen LogP contribution in [0, 0.1) is 5.92 Å². The molecule has 0 bridgehead atoms. The van der Waals surface area contributed by atoms with E-state index in [1.54, 1.807) is 0 Å². The Balaban J connectivity index is 1.34. The normalized spacial score (nSPS) is 27.0. The summed E-state index contributed by atoms with van der Waals surface area (Å²) in [7, 11) is 1.88. The molecule has 2 saturated heterocycles. The maximum atomic E-state index is 4.41. The molecule has 0 aliphatic carbocycles. The SMILES string of the molecule is CN=C(NCC1CCN(CCc2ccccc2)C1)NCC1(C)CCCS1. The summed E-state index contributed by atoms with van der Waals surface area (Å²) >= 11 is 2.09. The Kier molecular flexibility index (Phi) is 7.26. The highest BCUT2D eigenvalue weighted by molar-refractivity contribution is 8.00. The van der Waals surface area contributed by atoms with Crippen molar-refractivity contribution in [3.63, 3.8) is 0 Å². The molecule has 2 heterocycles. The van der Waals surface area contributed by atoms with Gasteiger partial charge in [-0.1, -0.05) is 30.3 Å². The fourth-order valence-electron chi connectivity index (χ4n) is 3.92. The van der Waals surface area contributed by atoms with E-state index in [-0.39, 0.29) is 0 Å². The first-order valence-electron chi connectivity index (χ1n) is 10.0. The number of hydrogen-bond donors (Lipinski definition) is 2. The highest BCUT2D eigenvalue weighted by Crippen LogP contribution is 2.36. The molecule has 2 atom stereocenters. The molecule has 1 aromatic carbocycles. The van der Waals surface area contributed by atoms with Crippen molar-refractivity contribution in [1.82, 2.24) is 15.5 Å². The van der Waals surface area contributed by atoms with Gasteiger partial charge in [0, 0.05) is 38.0 Å². The number of benzene rings is 1. The summed E-state index contributed by atoms with van der Waals surface area (Å²) in [5, 5.41) is 7.09. The number of rotatable bonds is 7. The Morgan fingerprint density at radius 2 is 2.15 bits per heavy atom. The molecular weight excluding hydrogens is 340 g/mol. The number of thioether (sulfide) groups is 1. The predicted octanol–water partition coefficient (Wildman–Crippen LogP) is 3.00. The van der Waals surface area contributed by atoms with Gasteiger partial charge in [-0.2, -0.15) is 11.8 Å². The number of nitrogens with one attached hydrogen (secondary N) is 2. The van der Waals surface area contributed by atoms with Crippen molar-refractivity contribution in [2.24, 2.45) is 10.9 Å². The molecule has 2 aliphatic rings. The van der Waals surface area contributed by atoms with Crippen LogP contribution in [0.5, 0.6) is 0 Å². The second-order valence-corrected chi connectivity index (χ2v) is 9.58. The average Bonchev–Trinajstić information content (AvgIpc) is 3.30. The van der Waals surface area contributed by atoms with Crippen LogP contribution < -0.4 is 10.6 Å². The van der Waals surface area contributed by atoms with E-state index in [0.717, 1.165) is 31.4 Å². The van der Waals surface area contributed by atoms with Gasteiger partial charge >= 0.3 is 0 Å². The van der Waals surface area contributed by atoms with Gasteiger partial charge in [0.1, 0.15) is 0 Å². The van der Waals surface area contributed by atoms with Crippen molar-refractivity contribution in [2.45, 2.75) is 37.4 Å². The molecule has 0 radical (unpaired) electrons. The van der Waals surface area contributed by atoms with E-state index in [0.29, 0.717) is 4.75 Å². The number of likely N-dealkylation sites (tertiary alicyclic amines) is 1.